The monoisotopic (exact) mass is 372 g/mol. The predicted octanol–water partition coefficient (Wildman–Crippen LogP) is 4.25. The molecule has 0 saturated heterocycles. The van der Waals surface area contributed by atoms with E-state index in [2.05, 4.69) is 4.98 Å². The number of nitrogens with zero attached hydrogens (tertiary/aromatic N) is 2. The lowest BCUT2D eigenvalue weighted by atomic mass is 10.1. The Kier molecular flexibility index (Phi) is 5.52. The fraction of sp³-hybridized carbons (Fsp3) is 0.200. The standard InChI is InChI=1S/C20H18F2N2OS/c1-13-18(11-14-6-8-16(21)9-7-14)19(25)24(2)20(23-13)26-12-15-4-3-5-17(22)10-15/h3-10H,11-12H2,1-2H3. The van der Waals surface area contributed by atoms with Gasteiger partial charge in [-0.1, -0.05) is 36.0 Å². The van der Waals surface area contributed by atoms with Gasteiger partial charge in [-0.25, -0.2) is 13.8 Å². The Morgan fingerprint density at radius 1 is 1.04 bits per heavy atom. The summed E-state index contributed by atoms with van der Waals surface area (Å²) in [7, 11) is 1.68. The van der Waals surface area contributed by atoms with Crippen molar-refractivity contribution in [2.24, 2.45) is 7.05 Å². The first-order chi connectivity index (χ1) is 12.4. The summed E-state index contributed by atoms with van der Waals surface area (Å²) in [5.41, 5.74) is 2.81. The summed E-state index contributed by atoms with van der Waals surface area (Å²) in [5.74, 6) is -0.0641. The van der Waals surface area contributed by atoms with Gasteiger partial charge in [0, 0.05) is 30.5 Å². The molecule has 0 bridgehead atoms. The lowest BCUT2D eigenvalue weighted by molar-refractivity contribution is 0.626. The molecule has 1 aromatic heterocycles. The molecule has 3 aromatic rings. The molecule has 6 heteroatoms. The van der Waals surface area contributed by atoms with Gasteiger partial charge in [0.1, 0.15) is 11.6 Å². The molecule has 0 radical (unpaired) electrons. The van der Waals surface area contributed by atoms with E-state index in [4.69, 9.17) is 0 Å². The van der Waals surface area contributed by atoms with Crippen LogP contribution in [0.1, 0.15) is 22.4 Å². The van der Waals surface area contributed by atoms with Gasteiger partial charge in [0.2, 0.25) is 0 Å². The third-order valence-electron chi connectivity index (χ3n) is 4.10. The van der Waals surface area contributed by atoms with E-state index in [1.807, 2.05) is 6.07 Å². The normalized spacial score (nSPS) is 10.9. The maximum Gasteiger partial charge on any atom is 0.257 e. The molecule has 0 aliphatic rings. The van der Waals surface area contributed by atoms with Crippen LogP contribution in [0.25, 0.3) is 0 Å². The van der Waals surface area contributed by atoms with Crippen molar-refractivity contribution in [1.82, 2.24) is 9.55 Å². The minimum Gasteiger partial charge on any atom is -0.291 e. The van der Waals surface area contributed by atoms with Crippen molar-refractivity contribution in [3.05, 3.63) is 92.9 Å². The molecule has 2 aromatic carbocycles. The maximum atomic E-state index is 13.3. The lowest BCUT2D eigenvalue weighted by Crippen LogP contribution is -2.25. The fourth-order valence-corrected chi connectivity index (χ4v) is 3.60. The van der Waals surface area contributed by atoms with Crippen molar-refractivity contribution in [2.75, 3.05) is 0 Å². The molecule has 0 aliphatic carbocycles. The molecule has 26 heavy (non-hydrogen) atoms. The van der Waals surface area contributed by atoms with Crippen LogP contribution in [-0.4, -0.2) is 9.55 Å². The van der Waals surface area contributed by atoms with E-state index in [-0.39, 0.29) is 17.2 Å². The number of hydrogen-bond donors (Lipinski definition) is 0. The van der Waals surface area contributed by atoms with Crippen LogP contribution in [0.4, 0.5) is 8.78 Å². The number of thioether (sulfide) groups is 1. The van der Waals surface area contributed by atoms with Crippen LogP contribution in [0.5, 0.6) is 0 Å². The first kappa shape index (κ1) is 18.3. The van der Waals surface area contributed by atoms with E-state index in [0.717, 1.165) is 11.1 Å². The minimum atomic E-state index is -0.305. The number of benzene rings is 2. The Labute approximate surface area is 154 Å². The highest BCUT2D eigenvalue weighted by Crippen LogP contribution is 2.21. The highest BCUT2D eigenvalue weighted by molar-refractivity contribution is 7.98. The summed E-state index contributed by atoms with van der Waals surface area (Å²) < 4.78 is 27.8. The highest BCUT2D eigenvalue weighted by Gasteiger charge is 2.13. The molecule has 3 nitrogen and oxygen atoms in total. The van der Waals surface area contributed by atoms with Crippen LogP contribution < -0.4 is 5.56 Å². The Balaban J connectivity index is 1.83. The van der Waals surface area contributed by atoms with E-state index in [1.165, 1.54) is 40.6 Å². The SMILES string of the molecule is Cc1nc(SCc2cccc(F)c2)n(C)c(=O)c1Cc1ccc(F)cc1. The minimum absolute atomic E-state index is 0.122. The summed E-state index contributed by atoms with van der Waals surface area (Å²) in [6.45, 7) is 1.80. The highest BCUT2D eigenvalue weighted by atomic mass is 32.2. The first-order valence-corrected chi connectivity index (χ1v) is 9.11. The topological polar surface area (TPSA) is 34.9 Å². The van der Waals surface area contributed by atoms with Gasteiger partial charge in [0.15, 0.2) is 5.16 Å². The first-order valence-electron chi connectivity index (χ1n) is 8.12. The molecule has 0 saturated carbocycles. The lowest BCUT2D eigenvalue weighted by Gasteiger charge is -2.12. The van der Waals surface area contributed by atoms with Crippen molar-refractivity contribution in [3.63, 3.8) is 0 Å². The molecule has 0 amide bonds. The Bertz CT molecular complexity index is 984. The van der Waals surface area contributed by atoms with Gasteiger partial charge in [-0.05, 0) is 42.3 Å². The summed E-state index contributed by atoms with van der Waals surface area (Å²) in [6.07, 6.45) is 0.403. The zero-order valence-corrected chi connectivity index (χ0v) is 15.3. The van der Waals surface area contributed by atoms with Crippen molar-refractivity contribution in [3.8, 4) is 0 Å². The van der Waals surface area contributed by atoms with Crippen LogP contribution >= 0.6 is 11.8 Å². The van der Waals surface area contributed by atoms with Crippen LogP contribution in [-0.2, 0) is 19.2 Å². The van der Waals surface area contributed by atoms with Crippen molar-refractivity contribution >= 4 is 11.8 Å². The molecular formula is C20H18F2N2OS. The number of hydrogen-bond acceptors (Lipinski definition) is 3. The fourth-order valence-electron chi connectivity index (χ4n) is 2.64. The maximum absolute atomic E-state index is 13.3. The van der Waals surface area contributed by atoms with Crippen LogP contribution in [0.3, 0.4) is 0 Å². The van der Waals surface area contributed by atoms with Gasteiger partial charge in [0.25, 0.3) is 5.56 Å². The molecule has 1 heterocycles. The molecule has 3 rings (SSSR count). The second-order valence-corrected chi connectivity index (χ2v) is 6.99. The quantitative estimate of drug-likeness (QED) is 0.496. The molecular weight excluding hydrogens is 354 g/mol. The number of rotatable bonds is 5. The summed E-state index contributed by atoms with van der Waals surface area (Å²) in [5, 5.41) is 0.583. The van der Waals surface area contributed by atoms with Crippen molar-refractivity contribution in [1.29, 1.82) is 0 Å². The number of halogens is 2. The molecule has 0 N–H and O–H groups in total. The Morgan fingerprint density at radius 3 is 2.46 bits per heavy atom. The van der Waals surface area contributed by atoms with Crippen LogP contribution in [0.2, 0.25) is 0 Å². The average Bonchev–Trinajstić information content (AvgIpc) is 2.62. The van der Waals surface area contributed by atoms with Crippen LogP contribution in [0.15, 0.2) is 58.5 Å². The Hall–Kier alpha value is -2.47. The summed E-state index contributed by atoms with van der Waals surface area (Å²) >= 11 is 1.39. The predicted molar refractivity (Wildman–Crippen MR) is 99.4 cm³/mol. The van der Waals surface area contributed by atoms with E-state index >= 15 is 0 Å². The number of aromatic nitrogens is 2. The van der Waals surface area contributed by atoms with E-state index in [0.29, 0.717) is 28.6 Å². The van der Waals surface area contributed by atoms with Gasteiger partial charge in [-0.3, -0.25) is 9.36 Å². The smallest absolute Gasteiger partial charge is 0.257 e. The van der Waals surface area contributed by atoms with E-state index < -0.39 is 0 Å². The second kappa shape index (κ2) is 7.83. The molecule has 134 valence electrons. The van der Waals surface area contributed by atoms with Crippen molar-refractivity contribution in [2.45, 2.75) is 24.3 Å². The summed E-state index contributed by atoms with van der Waals surface area (Å²) in [4.78, 5) is 17.3. The third kappa shape index (κ3) is 4.19. The van der Waals surface area contributed by atoms with E-state index in [9.17, 15) is 13.6 Å². The third-order valence-corrected chi connectivity index (χ3v) is 5.20. The largest absolute Gasteiger partial charge is 0.291 e. The Morgan fingerprint density at radius 2 is 1.77 bits per heavy atom. The van der Waals surface area contributed by atoms with Gasteiger partial charge < -0.3 is 0 Å². The molecule has 0 atom stereocenters. The van der Waals surface area contributed by atoms with Gasteiger partial charge in [0.05, 0.1) is 0 Å². The van der Waals surface area contributed by atoms with Gasteiger partial charge in [-0.2, -0.15) is 0 Å². The van der Waals surface area contributed by atoms with E-state index in [1.54, 1.807) is 32.2 Å². The zero-order chi connectivity index (χ0) is 18.7. The summed E-state index contributed by atoms with van der Waals surface area (Å²) in [6, 6.07) is 12.5. The van der Waals surface area contributed by atoms with Crippen LogP contribution in [0, 0.1) is 18.6 Å². The van der Waals surface area contributed by atoms with Gasteiger partial charge in [-0.15, -0.1) is 0 Å². The molecule has 0 unspecified atom stereocenters. The number of aryl methyl sites for hydroxylation is 1. The zero-order valence-electron chi connectivity index (χ0n) is 14.5. The average molecular weight is 372 g/mol. The van der Waals surface area contributed by atoms with Gasteiger partial charge >= 0.3 is 0 Å². The molecule has 0 aliphatic heterocycles. The second-order valence-electron chi connectivity index (χ2n) is 6.04. The molecule has 0 spiro atoms. The van der Waals surface area contributed by atoms with Crippen molar-refractivity contribution < 1.29 is 8.78 Å². The molecule has 0 fully saturated rings.